The normalized spacial score (nSPS) is 12.9. The summed E-state index contributed by atoms with van der Waals surface area (Å²) in [6.07, 6.45) is 0. The van der Waals surface area contributed by atoms with E-state index in [9.17, 15) is 0 Å². The molecular weight excluding hydrogens is 725 g/mol. The molecule has 0 amide bonds. The van der Waals surface area contributed by atoms with E-state index in [2.05, 4.69) is 115 Å². The lowest BCUT2D eigenvalue weighted by Gasteiger charge is -2.33. The first-order valence-corrected chi connectivity index (χ1v) is 19.7. The van der Waals surface area contributed by atoms with Crippen molar-refractivity contribution < 1.29 is 8.83 Å². The SMILES string of the molecule is c1ccc(-c2nc(-c3cccc4c3-c3ccccc3C4(c3ccccc3)c3ccccc3)nc(-c3cccc4oc5c(-c6nc7ccccc7o6)cccc5c34)n2)cc1. The molecule has 11 aromatic rings. The Hall–Kier alpha value is -7.96. The van der Waals surface area contributed by atoms with Crippen LogP contribution < -0.4 is 0 Å². The molecule has 0 saturated carbocycles. The van der Waals surface area contributed by atoms with Crippen LogP contribution in [0.5, 0.6) is 0 Å². The molecule has 0 N–H and O–H groups in total. The van der Waals surface area contributed by atoms with Crippen LogP contribution in [-0.2, 0) is 5.41 Å². The summed E-state index contributed by atoms with van der Waals surface area (Å²) in [7, 11) is 0. The summed E-state index contributed by atoms with van der Waals surface area (Å²) in [6.45, 7) is 0. The summed E-state index contributed by atoms with van der Waals surface area (Å²) in [5, 5.41) is 1.83. The maximum Gasteiger partial charge on any atom is 0.231 e. The number of furan rings is 1. The quantitative estimate of drug-likeness (QED) is 0.168. The number of aromatic nitrogens is 4. The Balaban J connectivity index is 1.12. The van der Waals surface area contributed by atoms with Crippen molar-refractivity contribution in [1.29, 1.82) is 0 Å². The molecule has 59 heavy (non-hydrogen) atoms. The topological polar surface area (TPSA) is 77.8 Å². The second kappa shape index (κ2) is 13.0. The second-order valence-corrected chi connectivity index (χ2v) is 14.9. The van der Waals surface area contributed by atoms with Gasteiger partial charge in [0.25, 0.3) is 0 Å². The van der Waals surface area contributed by atoms with Crippen LogP contribution in [0.3, 0.4) is 0 Å². The molecule has 0 unspecified atom stereocenters. The van der Waals surface area contributed by atoms with E-state index >= 15 is 0 Å². The molecule has 12 rings (SSSR count). The van der Waals surface area contributed by atoms with Crippen molar-refractivity contribution >= 4 is 33.0 Å². The number of nitrogens with zero attached hydrogens (tertiary/aromatic N) is 4. The van der Waals surface area contributed by atoms with Gasteiger partial charge in [-0.05, 0) is 57.6 Å². The number of hydrogen-bond acceptors (Lipinski definition) is 6. The molecule has 6 nitrogen and oxygen atoms in total. The molecule has 0 atom stereocenters. The van der Waals surface area contributed by atoms with Crippen LogP contribution in [0.4, 0.5) is 0 Å². The van der Waals surface area contributed by atoms with Crippen LogP contribution in [0.1, 0.15) is 22.3 Å². The third-order valence-corrected chi connectivity index (χ3v) is 11.7. The highest BCUT2D eigenvalue weighted by Crippen LogP contribution is 2.58. The molecule has 0 fully saturated rings. The molecule has 0 saturated heterocycles. The van der Waals surface area contributed by atoms with Crippen molar-refractivity contribution in [2.24, 2.45) is 0 Å². The number of para-hydroxylation sites is 3. The van der Waals surface area contributed by atoms with Gasteiger partial charge in [-0.15, -0.1) is 0 Å². The van der Waals surface area contributed by atoms with Crippen LogP contribution in [0.25, 0.3) is 89.8 Å². The van der Waals surface area contributed by atoms with Gasteiger partial charge in [-0.1, -0.05) is 170 Å². The lowest BCUT2D eigenvalue weighted by molar-refractivity contribution is 0.615. The molecule has 0 spiro atoms. The largest absolute Gasteiger partial charge is 0.455 e. The van der Waals surface area contributed by atoms with Crippen molar-refractivity contribution in [1.82, 2.24) is 19.9 Å². The van der Waals surface area contributed by atoms with Gasteiger partial charge in [0, 0.05) is 27.5 Å². The minimum Gasteiger partial charge on any atom is -0.455 e. The van der Waals surface area contributed by atoms with Crippen LogP contribution in [0.2, 0.25) is 0 Å². The molecule has 0 bridgehead atoms. The van der Waals surface area contributed by atoms with Gasteiger partial charge in [-0.25, -0.2) is 19.9 Å². The summed E-state index contributed by atoms with van der Waals surface area (Å²) >= 11 is 0. The van der Waals surface area contributed by atoms with E-state index < -0.39 is 5.41 Å². The maximum atomic E-state index is 6.66. The number of benzene rings is 8. The molecule has 6 heteroatoms. The number of oxazole rings is 1. The Morgan fingerprint density at radius 1 is 0.373 bits per heavy atom. The summed E-state index contributed by atoms with van der Waals surface area (Å²) < 4.78 is 12.9. The van der Waals surface area contributed by atoms with Gasteiger partial charge in [0.1, 0.15) is 16.7 Å². The fourth-order valence-corrected chi connectivity index (χ4v) is 9.20. The number of rotatable bonds is 6. The third-order valence-electron chi connectivity index (χ3n) is 11.7. The van der Waals surface area contributed by atoms with Gasteiger partial charge in [0.2, 0.25) is 5.89 Å². The summed E-state index contributed by atoms with van der Waals surface area (Å²) in [4.78, 5) is 20.7. The van der Waals surface area contributed by atoms with Crippen molar-refractivity contribution in [3.05, 3.63) is 216 Å². The first-order chi connectivity index (χ1) is 29.3. The van der Waals surface area contributed by atoms with Crippen molar-refractivity contribution in [2.45, 2.75) is 5.41 Å². The van der Waals surface area contributed by atoms with E-state index in [1.807, 2.05) is 78.9 Å². The minimum absolute atomic E-state index is 0.506. The monoisotopic (exact) mass is 756 g/mol. The number of fused-ring (bicyclic) bond motifs is 7. The molecular formula is C53H32N4O2. The second-order valence-electron chi connectivity index (χ2n) is 14.9. The van der Waals surface area contributed by atoms with Gasteiger partial charge in [0.05, 0.1) is 11.0 Å². The lowest BCUT2D eigenvalue weighted by Crippen LogP contribution is -2.28. The van der Waals surface area contributed by atoms with E-state index in [-0.39, 0.29) is 0 Å². The Morgan fingerprint density at radius 2 is 0.932 bits per heavy atom. The fraction of sp³-hybridized carbons (Fsp3) is 0.0189. The highest BCUT2D eigenvalue weighted by Gasteiger charge is 2.47. The van der Waals surface area contributed by atoms with Gasteiger partial charge in [-0.3, -0.25) is 0 Å². The van der Waals surface area contributed by atoms with Crippen LogP contribution in [-0.4, -0.2) is 19.9 Å². The van der Waals surface area contributed by atoms with Crippen LogP contribution in [0, 0.1) is 0 Å². The third kappa shape index (κ3) is 5.00. The molecule has 0 aliphatic heterocycles. The van der Waals surface area contributed by atoms with Crippen molar-refractivity contribution in [3.8, 4) is 56.7 Å². The lowest BCUT2D eigenvalue weighted by atomic mass is 9.67. The number of hydrogen-bond donors (Lipinski definition) is 0. The van der Waals surface area contributed by atoms with Gasteiger partial charge < -0.3 is 8.83 Å². The molecule has 3 heterocycles. The maximum absolute atomic E-state index is 6.66. The zero-order chi connectivity index (χ0) is 38.9. The first-order valence-electron chi connectivity index (χ1n) is 19.7. The molecule has 1 aliphatic rings. The fourth-order valence-electron chi connectivity index (χ4n) is 9.20. The average Bonchev–Trinajstić information content (AvgIpc) is 4.01. The van der Waals surface area contributed by atoms with E-state index in [1.54, 1.807) is 0 Å². The van der Waals surface area contributed by atoms with E-state index in [4.69, 9.17) is 28.8 Å². The van der Waals surface area contributed by atoms with Gasteiger partial charge in [0.15, 0.2) is 23.1 Å². The first kappa shape index (κ1) is 33.2. The van der Waals surface area contributed by atoms with Crippen LogP contribution in [0.15, 0.2) is 203 Å². The molecule has 8 aromatic carbocycles. The average molecular weight is 757 g/mol. The Bertz CT molecular complexity index is 3320. The molecule has 3 aromatic heterocycles. The molecule has 1 aliphatic carbocycles. The van der Waals surface area contributed by atoms with Gasteiger partial charge in [-0.2, -0.15) is 0 Å². The van der Waals surface area contributed by atoms with Crippen LogP contribution >= 0.6 is 0 Å². The summed E-state index contributed by atoms with van der Waals surface area (Å²) in [5.74, 6) is 2.24. The summed E-state index contributed by atoms with van der Waals surface area (Å²) in [5.41, 5.74) is 12.9. The predicted molar refractivity (Wildman–Crippen MR) is 234 cm³/mol. The Kier molecular flexibility index (Phi) is 7.34. The highest BCUT2D eigenvalue weighted by atomic mass is 16.4. The standard InChI is InChI=1S/C53H32N4O2/c1-4-17-33(18-5-1)49-55-50(38-25-15-29-42-46(38)36-23-10-11-28-41(36)53(42,34-19-6-2-7-20-34)35-21-8-3-9-22-35)57-51(56-49)39-26-16-32-45-47(39)37-24-14-27-40(48(37)58-45)52-54-43-30-12-13-31-44(43)59-52/h1-32H. The predicted octanol–water partition coefficient (Wildman–Crippen LogP) is 12.9. The van der Waals surface area contributed by atoms with Crippen molar-refractivity contribution in [2.75, 3.05) is 0 Å². The van der Waals surface area contributed by atoms with E-state index in [1.165, 1.54) is 22.3 Å². The minimum atomic E-state index is -0.559. The van der Waals surface area contributed by atoms with E-state index in [0.29, 0.717) is 34.5 Å². The molecule has 0 radical (unpaired) electrons. The zero-order valence-electron chi connectivity index (χ0n) is 31.6. The van der Waals surface area contributed by atoms with E-state index in [0.717, 1.165) is 55.3 Å². The highest BCUT2D eigenvalue weighted by molar-refractivity contribution is 6.14. The molecule has 276 valence electrons. The van der Waals surface area contributed by atoms with Gasteiger partial charge >= 0.3 is 0 Å². The Morgan fingerprint density at radius 3 is 1.71 bits per heavy atom. The smallest absolute Gasteiger partial charge is 0.231 e. The zero-order valence-corrected chi connectivity index (χ0v) is 31.6. The van der Waals surface area contributed by atoms with Crippen molar-refractivity contribution in [3.63, 3.8) is 0 Å². The Labute approximate surface area is 339 Å². The summed E-state index contributed by atoms with van der Waals surface area (Å²) in [6, 6.07) is 67.0.